The molecule has 0 atom stereocenters. The van der Waals surface area contributed by atoms with Crippen molar-refractivity contribution in [3.63, 3.8) is 0 Å². The van der Waals surface area contributed by atoms with Gasteiger partial charge < -0.3 is 5.32 Å². The van der Waals surface area contributed by atoms with Crippen LogP contribution in [0.25, 0.3) is 11.1 Å². The molecule has 3 aromatic rings. The van der Waals surface area contributed by atoms with Crippen molar-refractivity contribution in [1.82, 2.24) is 4.90 Å². The summed E-state index contributed by atoms with van der Waals surface area (Å²) in [6.45, 7) is 0.496. The highest BCUT2D eigenvalue weighted by Crippen LogP contribution is 2.23. The highest BCUT2D eigenvalue weighted by Gasteiger charge is 2.34. The fourth-order valence-electron chi connectivity index (χ4n) is 4.66. The van der Waals surface area contributed by atoms with Crippen molar-refractivity contribution in [2.45, 2.75) is 57.8 Å². The number of rotatable bonds is 13. The zero-order valence-corrected chi connectivity index (χ0v) is 20.7. The molecule has 5 nitrogen and oxygen atoms in total. The zero-order valence-electron chi connectivity index (χ0n) is 20.7. The lowest BCUT2D eigenvalue weighted by Gasteiger charge is -2.13. The third-order valence-corrected chi connectivity index (χ3v) is 6.69. The van der Waals surface area contributed by atoms with E-state index in [0.717, 1.165) is 68.2 Å². The Morgan fingerprint density at radius 1 is 0.583 bits per heavy atom. The van der Waals surface area contributed by atoms with Crippen LogP contribution in [0, 0.1) is 0 Å². The van der Waals surface area contributed by atoms with E-state index >= 15 is 0 Å². The second-order valence-electron chi connectivity index (χ2n) is 9.38. The average molecular weight is 483 g/mol. The van der Waals surface area contributed by atoms with Gasteiger partial charge >= 0.3 is 0 Å². The number of benzene rings is 3. The Bertz CT molecular complexity index is 1140. The highest BCUT2D eigenvalue weighted by atomic mass is 16.2. The summed E-state index contributed by atoms with van der Waals surface area (Å²) in [5, 5.41) is 2.99. The molecule has 0 saturated heterocycles. The second-order valence-corrected chi connectivity index (χ2v) is 9.38. The van der Waals surface area contributed by atoms with Gasteiger partial charge in [0.05, 0.1) is 11.1 Å². The summed E-state index contributed by atoms with van der Waals surface area (Å²) in [6, 6.07) is 25.2. The van der Waals surface area contributed by atoms with Crippen molar-refractivity contribution in [2.75, 3.05) is 11.9 Å². The van der Waals surface area contributed by atoms with Crippen molar-refractivity contribution >= 4 is 23.4 Å². The first kappa shape index (κ1) is 25.4. The third kappa shape index (κ3) is 6.69. The maximum Gasteiger partial charge on any atom is 0.261 e. The molecule has 1 aliphatic rings. The summed E-state index contributed by atoms with van der Waals surface area (Å²) in [4.78, 5) is 38.4. The number of hydrogen-bond donors (Lipinski definition) is 1. The van der Waals surface area contributed by atoms with Crippen LogP contribution in [0.15, 0.2) is 78.9 Å². The van der Waals surface area contributed by atoms with Crippen LogP contribution in [0.4, 0.5) is 5.69 Å². The van der Waals surface area contributed by atoms with Crippen LogP contribution < -0.4 is 5.32 Å². The van der Waals surface area contributed by atoms with E-state index in [-0.39, 0.29) is 17.7 Å². The summed E-state index contributed by atoms with van der Waals surface area (Å²) >= 11 is 0. The molecular formula is C31H34N2O3. The lowest BCUT2D eigenvalue weighted by atomic mass is 10.1. The first-order valence-corrected chi connectivity index (χ1v) is 13.0. The van der Waals surface area contributed by atoms with Gasteiger partial charge in [0.2, 0.25) is 5.91 Å². The van der Waals surface area contributed by atoms with Crippen LogP contribution >= 0.6 is 0 Å². The fraction of sp³-hybridized carbons (Fsp3) is 0.323. The van der Waals surface area contributed by atoms with Crippen LogP contribution in [0.5, 0.6) is 0 Å². The van der Waals surface area contributed by atoms with Crippen LogP contribution in [-0.2, 0) is 4.79 Å². The highest BCUT2D eigenvalue weighted by molar-refractivity contribution is 6.21. The molecule has 1 heterocycles. The van der Waals surface area contributed by atoms with Gasteiger partial charge in [-0.25, -0.2) is 0 Å². The van der Waals surface area contributed by atoms with Gasteiger partial charge in [0.1, 0.15) is 0 Å². The van der Waals surface area contributed by atoms with Gasteiger partial charge in [-0.1, -0.05) is 93.1 Å². The Balaban J connectivity index is 1.02. The Kier molecular flexibility index (Phi) is 9.03. The smallest absolute Gasteiger partial charge is 0.261 e. The molecule has 0 bridgehead atoms. The average Bonchev–Trinajstić information content (AvgIpc) is 3.15. The van der Waals surface area contributed by atoms with Crippen molar-refractivity contribution in [1.29, 1.82) is 0 Å². The molecule has 1 aliphatic heterocycles. The topological polar surface area (TPSA) is 66.5 Å². The number of anilines is 1. The van der Waals surface area contributed by atoms with Gasteiger partial charge in [0, 0.05) is 18.7 Å². The minimum Gasteiger partial charge on any atom is -0.326 e. The van der Waals surface area contributed by atoms with E-state index in [1.807, 2.05) is 42.5 Å². The van der Waals surface area contributed by atoms with Crippen molar-refractivity contribution in [3.05, 3.63) is 90.0 Å². The number of hydrogen-bond acceptors (Lipinski definition) is 3. The SMILES string of the molecule is O=C(CCCCCCCCCCN1C(=O)c2ccccc2C1=O)Nc1ccc(-c2ccccc2)cc1. The molecule has 1 N–H and O–H groups in total. The zero-order chi connectivity index (χ0) is 25.2. The number of nitrogens with zero attached hydrogens (tertiary/aromatic N) is 1. The van der Waals surface area contributed by atoms with Gasteiger partial charge in [0.25, 0.3) is 11.8 Å². The number of amides is 3. The number of imide groups is 1. The molecule has 0 aliphatic carbocycles. The van der Waals surface area contributed by atoms with E-state index in [4.69, 9.17) is 0 Å². The molecule has 0 unspecified atom stereocenters. The van der Waals surface area contributed by atoms with E-state index in [1.54, 1.807) is 24.3 Å². The summed E-state index contributed by atoms with van der Waals surface area (Å²) in [6.07, 6.45) is 8.86. The Hall–Kier alpha value is -3.73. The summed E-state index contributed by atoms with van der Waals surface area (Å²) in [7, 11) is 0. The van der Waals surface area contributed by atoms with Gasteiger partial charge in [-0.3, -0.25) is 19.3 Å². The number of carbonyl (C=O) groups is 3. The summed E-state index contributed by atoms with van der Waals surface area (Å²) < 4.78 is 0. The number of unbranched alkanes of at least 4 members (excludes halogenated alkanes) is 7. The number of nitrogens with one attached hydrogen (secondary N) is 1. The van der Waals surface area contributed by atoms with Gasteiger partial charge in [-0.2, -0.15) is 0 Å². The van der Waals surface area contributed by atoms with Crippen molar-refractivity contribution < 1.29 is 14.4 Å². The lowest BCUT2D eigenvalue weighted by molar-refractivity contribution is -0.116. The minimum absolute atomic E-state index is 0.0654. The molecule has 3 aromatic carbocycles. The Morgan fingerprint density at radius 3 is 1.69 bits per heavy atom. The molecular weight excluding hydrogens is 448 g/mol. The van der Waals surface area contributed by atoms with Gasteiger partial charge in [-0.05, 0) is 48.2 Å². The monoisotopic (exact) mass is 482 g/mol. The van der Waals surface area contributed by atoms with Crippen LogP contribution in [-0.4, -0.2) is 29.2 Å². The maximum atomic E-state index is 12.4. The van der Waals surface area contributed by atoms with E-state index in [9.17, 15) is 14.4 Å². The Morgan fingerprint density at radius 2 is 1.08 bits per heavy atom. The summed E-state index contributed by atoms with van der Waals surface area (Å²) in [5.41, 5.74) is 4.19. The number of fused-ring (bicyclic) bond motifs is 1. The van der Waals surface area contributed by atoms with Gasteiger partial charge in [0.15, 0.2) is 0 Å². The van der Waals surface area contributed by atoms with Gasteiger partial charge in [-0.15, -0.1) is 0 Å². The predicted molar refractivity (Wildman–Crippen MR) is 144 cm³/mol. The molecule has 36 heavy (non-hydrogen) atoms. The van der Waals surface area contributed by atoms with Crippen molar-refractivity contribution in [2.24, 2.45) is 0 Å². The molecule has 186 valence electrons. The maximum absolute atomic E-state index is 12.4. The molecule has 5 heteroatoms. The molecule has 0 fully saturated rings. The Labute approximate surface area is 213 Å². The largest absolute Gasteiger partial charge is 0.326 e. The molecule has 0 spiro atoms. The lowest BCUT2D eigenvalue weighted by Crippen LogP contribution is -2.30. The normalized spacial score (nSPS) is 12.6. The van der Waals surface area contributed by atoms with Crippen LogP contribution in [0.1, 0.15) is 78.5 Å². The van der Waals surface area contributed by atoms with E-state index in [1.165, 1.54) is 4.90 Å². The van der Waals surface area contributed by atoms with E-state index in [0.29, 0.717) is 24.1 Å². The molecule has 0 saturated carbocycles. The fourth-order valence-corrected chi connectivity index (χ4v) is 4.66. The second kappa shape index (κ2) is 12.8. The first-order valence-electron chi connectivity index (χ1n) is 13.0. The minimum atomic E-state index is -0.163. The van der Waals surface area contributed by atoms with E-state index < -0.39 is 0 Å². The molecule has 4 rings (SSSR count). The quantitative estimate of drug-likeness (QED) is 0.209. The molecule has 3 amide bonds. The van der Waals surface area contributed by atoms with Crippen molar-refractivity contribution in [3.8, 4) is 11.1 Å². The van der Waals surface area contributed by atoms with Crippen LogP contribution in [0.2, 0.25) is 0 Å². The molecule has 0 radical (unpaired) electrons. The van der Waals surface area contributed by atoms with Crippen LogP contribution in [0.3, 0.4) is 0 Å². The van der Waals surface area contributed by atoms with E-state index in [2.05, 4.69) is 17.4 Å². The third-order valence-electron chi connectivity index (χ3n) is 6.69. The number of carbonyl (C=O) groups excluding carboxylic acids is 3. The predicted octanol–water partition coefficient (Wildman–Crippen LogP) is 7.10. The molecule has 0 aromatic heterocycles. The first-order chi connectivity index (χ1) is 17.6. The standard InChI is InChI=1S/C31H34N2O3/c34-29(32-26-21-19-25(20-22-26)24-14-8-7-9-15-24)18-10-5-3-1-2-4-6-13-23-33-30(35)27-16-11-12-17-28(27)31(33)36/h7-9,11-12,14-17,19-22H,1-6,10,13,18,23H2,(H,32,34). The summed E-state index contributed by atoms with van der Waals surface area (Å²) in [5.74, 6) is -0.261.